The van der Waals surface area contributed by atoms with Crippen molar-refractivity contribution >= 4 is 5.91 Å². The fourth-order valence-corrected chi connectivity index (χ4v) is 2.52. The molecule has 1 amide bonds. The number of methoxy groups -OCH3 is 2. The molecule has 0 saturated carbocycles. The summed E-state index contributed by atoms with van der Waals surface area (Å²) in [7, 11) is 4.97. The standard InChI is InChI=1S/C18H19N3O4/c1-21-16(14-9-12(23-2)6-7-17(14)24-3)10-15(20-21)18(22)19-11-13-5-4-8-25-13/h4-10H,11H2,1-3H3,(H,19,22). The average Bonchev–Trinajstić information content (AvgIpc) is 3.28. The van der Waals surface area contributed by atoms with Gasteiger partial charge < -0.3 is 19.2 Å². The zero-order chi connectivity index (χ0) is 17.8. The van der Waals surface area contributed by atoms with Crippen LogP contribution in [0.1, 0.15) is 16.2 Å². The maximum Gasteiger partial charge on any atom is 0.272 e. The van der Waals surface area contributed by atoms with Crippen LogP contribution in [0.3, 0.4) is 0 Å². The molecule has 0 bridgehead atoms. The van der Waals surface area contributed by atoms with Crippen molar-refractivity contribution in [3.63, 3.8) is 0 Å². The van der Waals surface area contributed by atoms with Crippen LogP contribution in [0, 0.1) is 0 Å². The number of aryl methyl sites for hydroxylation is 1. The molecule has 1 N–H and O–H groups in total. The monoisotopic (exact) mass is 341 g/mol. The second-order valence-corrected chi connectivity index (χ2v) is 5.37. The van der Waals surface area contributed by atoms with Gasteiger partial charge in [-0.05, 0) is 36.4 Å². The largest absolute Gasteiger partial charge is 0.497 e. The van der Waals surface area contributed by atoms with Crippen molar-refractivity contribution in [2.24, 2.45) is 7.05 Å². The summed E-state index contributed by atoms with van der Waals surface area (Å²) in [6.07, 6.45) is 1.56. The molecule has 0 aliphatic rings. The summed E-state index contributed by atoms with van der Waals surface area (Å²) in [5.74, 6) is 1.77. The van der Waals surface area contributed by atoms with Gasteiger partial charge in [0, 0.05) is 12.6 Å². The van der Waals surface area contributed by atoms with E-state index in [1.54, 1.807) is 50.4 Å². The van der Waals surface area contributed by atoms with E-state index in [1.807, 2.05) is 18.2 Å². The smallest absolute Gasteiger partial charge is 0.272 e. The molecule has 0 spiro atoms. The molecule has 0 aliphatic heterocycles. The van der Waals surface area contributed by atoms with Crippen molar-refractivity contribution in [3.05, 3.63) is 54.1 Å². The van der Waals surface area contributed by atoms with Crippen LogP contribution < -0.4 is 14.8 Å². The first-order valence-electron chi connectivity index (χ1n) is 7.69. The molecular weight excluding hydrogens is 322 g/mol. The minimum atomic E-state index is -0.278. The lowest BCUT2D eigenvalue weighted by Gasteiger charge is -2.10. The predicted molar refractivity (Wildman–Crippen MR) is 91.6 cm³/mol. The maximum absolute atomic E-state index is 12.3. The Morgan fingerprint density at radius 2 is 2.08 bits per heavy atom. The molecule has 2 aromatic heterocycles. The summed E-state index contributed by atoms with van der Waals surface area (Å²) in [6, 6.07) is 10.8. The van der Waals surface area contributed by atoms with Crippen LogP contribution in [-0.2, 0) is 13.6 Å². The van der Waals surface area contributed by atoms with Gasteiger partial charge in [-0.15, -0.1) is 0 Å². The molecule has 130 valence electrons. The molecule has 0 fully saturated rings. The Morgan fingerprint density at radius 3 is 2.76 bits per heavy atom. The van der Waals surface area contributed by atoms with Gasteiger partial charge >= 0.3 is 0 Å². The van der Waals surface area contributed by atoms with E-state index in [4.69, 9.17) is 13.9 Å². The highest BCUT2D eigenvalue weighted by molar-refractivity contribution is 5.93. The van der Waals surface area contributed by atoms with Gasteiger partial charge in [0.25, 0.3) is 5.91 Å². The second-order valence-electron chi connectivity index (χ2n) is 5.37. The lowest BCUT2D eigenvalue weighted by atomic mass is 10.1. The Labute approximate surface area is 145 Å². The lowest BCUT2D eigenvalue weighted by molar-refractivity contribution is 0.0942. The highest BCUT2D eigenvalue weighted by Gasteiger charge is 2.17. The third-order valence-electron chi connectivity index (χ3n) is 3.80. The number of hydrogen-bond acceptors (Lipinski definition) is 5. The van der Waals surface area contributed by atoms with Gasteiger partial charge in [0.15, 0.2) is 5.69 Å². The molecule has 1 aromatic carbocycles. The van der Waals surface area contributed by atoms with Crippen LogP contribution in [-0.4, -0.2) is 29.9 Å². The molecule has 0 saturated heterocycles. The summed E-state index contributed by atoms with van der Waals surface area (Å²) < 4.78 is 17.5. The van der Waals surface area contributed by atoms with Crippen LogP contribution in [0.25, 0.3) is 11.3 Å². The number of benzene rings is 1. The van der Waals surface area contributed by atoms with E-state index >= 15 is 0 Å². The van der Waals surface area contributed by atoms with Crippen LogP contribution in [0.15, 0.2) is 47.1 Å². The minimum absolute atomic E-state index is 0.278. The summed E-state index contributed by atoms with van der Waals surface area (Å²) >= 11 is 0. The van der Waals surface area contributed by atoms with Gasteiger partial charge in [-0.2, -0.15) is 5.10 Å². The summed E-state index contributed by atoms with van der Waals surface area (Å²) in [5.41, 5.74) is 1.86. The number of amides is 1. The third-order valence-corrected chi connectivity index (χ3v) is 3.80. The Balaban J connectivity index is 1.86. The summed E-state index contributed by atoms with van der Waals surface area (Å²) in [5, 5.41) is 7.08. The topological polar surface area (TPSA) is 78.5 Å². The first-order chi connectivity index (χ1) is 12.1. The molecule has 0 atom stereocenters. The quantitative estimate of drug-likeness (QED) is 0.746. The van der Waals surface area contributed by atoms with Crippen molar-refractivity contribution in [1.82, 2.24) is 15.1 Å². The van der Waals surface area contributed by atoms with Crippen molar-refractivity contribution < 1.29 is 18.7 Å². The third kappa shape index (κ3) is 3.50. The summed E-state index contributed by atoms with van der Waals surface area (Å²) in [6.45, 7) is 0.306. The Bertz CT molecular complexity index is 869. The second kappa shape index (κ2) is 7.12. The summed E-state index contributed by atoms with van der Waals surface area (Å²) in [4.78, 5) is 12.3. The van der Waals surface area contributed by atoms with Gasteiger partial charge in [0.1, 0.15) is 17.3 Å². The van der Waals surface area contributed by atoms with E-state index in [-0.39, 0.29) is 5.91 Å². The van der Waals surface area contributed by atoms with E-state index < -0.39 is 0 Å². The van der Waals surface area contributed by atoms with Crippen molar-refractivity contribution in [1.29, 1.82) is 0 Å². The van der Waals surface area contributed by atoms with Crippen LogP contribution in [0.5, 0.6) is 11.5 Å². The molecule has 7 nitrogen and oxygen atoms in total. The first-order valence-corrected chi connectivity index (χ1v) is 7.69. The minimum Gasteiger partial charge on any atom is -0.497 e. The number of hydrogen-bond donors (Lipinski definition) is 1. The van der Waals surface area contributed by atoms with Crippen molar-refractivity contribution in [2.45, 2.75) is 6.54 Å². The van der Waals surface area contributed by atoms with E-state index in [9.17, 15) is 4.79 Å². The van der Waals surface area contributed by atoms with Crippen molar-refractivity contribution in [2.75, 3.05) is 14.2 Å². The van der Waals surface area contributed by atoms with Crippen LogP contribution in [0.2, 0.25) is 0 Å². The van der Waals surface area contributed by atoms with Crippen LogP contribution in [0.4, 0.5) is 0 Å². The van der Waals surface area contributed by atoms with E-state index in [0.29, 0.717) is 29.5 Å². The Morgan fingerprint density at radius 1 is 1.24 bits per heavy atom. The molecule has 0 unspecified atom stereocenters. The molecule has 0 aliphatic carbocycles. The molecule has 3 rings (SSSR count). The van der Waals surface area contributed by atoms with Gasteiger partial charge in [0.2, 0.25) is 0 Å². The zero-order valence-corrected chi connectivity index (χ0v) is 14.3. The number of ether oxygens (including phenoxy) is 2. The number of carbonyl (C=O) groups excluding carboxylic acids is 1. The highest BCUT2D eigenvalue weighted by atomic mass is 16.5. The number of furan rings is 1. The highest BCUT2D eigenvalue weighted by Crippen LogP contribution is 2.33. The van der Waals surface area contributed by atoms with Crippen molar-refractivity contribution in [3.8, 4) is 22.8 Å². The Hall–Kier alpha value is -3.22. The fraction of sp³-hybridized carbons (Fsp3) is 0.222. The fourth-order valence-electron chi connectivity index (χ4n) is 2.52. The number of carbonyl (C=O) groups is 1. The lowest BCUT2D eigenvalue weighted by Crippen LogP contribution is -2.23. The van der Waals surface area contributed by atoms with E-state index in [1.165, 1.54) is 0 Å². The average molecular weight is 341 g/mol. The molecule has 3 aromatic rings. The van der Waals surface area contributed by atoms with Crippen LogP contribution >= 0.6 is 0 Å². The molecule has 0 radical (unpaired) electrons. The molecule has 7 heteroatoms. The predicted octanol–water partition coefficient (Wildman–Crippen LogP) is 2.63. The number of nitrogens with zero attached hydrogens (tertiary/aromatic N) is 2. The zero-order valence-electron chi connectivity index (χ0n) is 14.3. The Kier molecular flexibility index (Phi) is 4.74. The van der Waals surface area contributed by atoms with Gasteiger partial charge in [-0.3, -0.25) is 9.48 Å². The van der Waals surface area contributed by atoms with E-state index in [0.717, 1.165) is 11.3 Å². The normalized spacial score (nSPS) is 10.5. The number of nitrogens with one attached hydrogen (secondary N) is 1. The van der Waals surface area contributed by atoms with Gasteiger partial charge in [0.05, 0.1) is 32.7 Å². The molecular formula is C18H19N3O4. The van der Waals surface area contributed by atoms with Gasteiger partial charge in [-0.1, -0.05) is 0 Å². The number of aromatic nitrogens is 2. The van der Waals surface area contributed by atoms with E-state index in [2.05, 4.69) is 10.4 Å². The first kappa shape index (κ1) is 16.6. The molecule has 2 heterocycles. The van der Waals surface area contributed by atoms with Gasteiger partial charge in [-0.25, -0.2) is 0 Å². The SMILES string of the molecule is COc1ccc(OC)c(-c2cc(C(=O)NCc3ccco3)nn2C)c1. The maximum atomic E-state index is 12.3. The number of rotatable bonds is 6. The molecule has 25 heavy (non-hydrogen) atoms.